The molecule has 0 spiro atoms. The van der Waals surface area contributed by atoms with E-state index in [0.717, 1.165) is 41.0 Å². The third-order valence-corrected chi connectivity index (χ3v) is 9.25. The molecule has 202 valence electrons. The van der Waals surface area contributed by atoms with E-state index in [-0.39, 0.29) is 23.5 Å². The lowest BCUT2D eigenvalue weighted by atomic mass is 9.89. The van der Waals surface area contributed by atoms with Gasteiger partial charge in [0, 0.05) is 54.6 Å². The molecule has 6 rings (SSSR count). The highest BCUT2D eigenvalue weighted by Gasteiger charge is 2.38. The van der Waals surface area contributed by atoms with E-state index in [9.17, 15) is 14.7 Å². The largest absolute Gasteiger partial charge is 0.392 e. The lowest BCUT2D eigenvalue weighted by molar-refractivity contribution is 0.0984. The summed E-state index contributed by atoms with van der Waals surface area (Å²) in [5.41, 5.74) is 6.96. The molecule has 0 atom stereocenters. The number of thiophene rings is 1. The van der Waals surface area contributed by atoms with Crippen molar-refractivity contribution in [2.75, 3.05) is 16.8 Å². The van der Waals surface area contributed by atoms with Gasteiger partial charge < -0.3 is 19.9 Å². The number of anilines is 3. The van der Waals surface area contributed by atoms with E-state index < -0.39 is 0 Å². The Hall–Kier alpha value is -3.69. The summed E-state index contributed by atoms with van der Waals surface area (Å²) < 4.78 is 3.27. The predicted molar refractivity (Wildman–Crippen MR) is 155 cm³/mol. The van der Waals surface area contributed by atoms with E-state index >= 15 is 0 Å². The number of carbonyl (C=O) groups excluding carboxylic acids is 1. The first-order valence-electron chi connectivity index (χ1n) is 13.2. The summed E-state index contributed by atoms with van der Waals surface area (Å²) in [5, 5.41) is 18.1. The zero-order valence-corrected chi connectivity index (χ0v) is 23.8. The molecule has 0 fully saturated rings. The SMILES string of the molecule is Cc1cc(Nc2cc(-c3cccc(N4CCc5c(sc6c5CC(C)(C)C6)C4=O)c3CO)cn(C)c2=O)nn1C. The standard InChI is InChI=1S/C30H33N5O3S/c1-17-11-26(32-34(17)5)31-23-12-18(15-33(4)28(23)37)19-7-6-8-24(22(19)16-36)35-10-9-20-21-13-30(2,3)14-25(21)39-27(20)29(35)38/h6-8,11-12,15,36H,9-10,13-14,16H2,1-5H3,(H,31,32). The van der Waals surface area contributed by atoms with Crippen molar-refractivity contribution < 1.29 is 9.90 Å². The van der Waals surface area contributed by atoms with Crippen molar-refractivity contribution in [3.8, 4) is 11.1 Å². The Balaban J connectivity index is 1.38. The number of aromatic nitrogens is 3. The second-order valence-corrected chi connectivity index (χ2v) is 12.6. The maximum absolute atomic E-state index is 13.8. The van der Waals surface area contributed by atoms with Crippen LogP contribution in [0.2, 0.25) is 0 Å². The Morgan fingerprint density at radius 1 is 1.13 bits per heavy atom. The predicted octanol–water partition coefficient (Wildman–Crippen LogP) is 4.72. The molecule has 4 heterocycles. The number of fused-ring (bicyclic) bond motifs is 3. The van der Waals surface area contributed by atoms with Crippen LogP contribution in [0.15, 0.2) is 41.3 Å². The fourth-order valence-electron chi connectivity index (χ4n) is 5.96. The van der Waals surface area contributed by atoms with Crippen LogP contribution in [0.4, 0.5) is 17.2 Å². The van der Waals surface area contributed by atoms with Crippen molar-refractivity contribution in [1.29, 1.82) is 0 Å². The number of carbonyl (C=O) groups is 1. The number of aliphatic hydroxyl groups is 1. The van der Waals surface area contributed by atoms with E-state index in [1.807, 2.05) is 43.1 Å². The quantitative estimate of drug-likeness (QED) is 0.380. The molecular weight excluding hydrogens is 510 g/mol. The minimum absolute atomic E-state index is 0.00800. The van der Waals surface area contributed by atoms with Gasteiger partial charge in [0.05, 0.1) is 17.2 Å². The molecule has 39 heavy (non-hydrogen) atoms. The van der Waals surface area contributed by atoms with Gasteiger partial charge in [0.25, 0.3) is 11.5 Å². The fraction of sp³-hybridized carbons (Fsp3) is 0.367. The molecule has 3 aromatic heterocycles. The van der Waals surface area contributed by atoms with E-state index in [2.05, 4.69) is 24.3 Å². The third-order valence-electron chi connectivity index (χ3n) is 7.99. The van der Waals surface area contributed by atoms with Gasteiger partial charge in [0.15, 0.2) is 5.82 Å². The maximum Gasteiger partial charge on any atom is 0.274 e. The summed E-state index contributed by atoms with van der Waals surface area (Å²) in [7, 11) is 3.56. The van der Waals surface area contributed by atoms with Crippen molar-refractivity contribution in [2.45, 2.75) is 46.6 Å². The summed E-state index contributed by atoms with van der Waals surface area (Å²) in [4.78, 5) is 30.7. The highest BCUT2D eigenvalue weighted by Crippen LogP contribution is 2.46. The normalized spacial score (nSPS) is 15.9. The first-order valence-corrected chi connectivity index (χ1v) is 14.0. The topological polar surface area (TPSA) is 92.4 Å². The van der Waals surface area contributed by atoms with Crippen LogP contribution >= 0.6 is 11.3 Å². The van der Waals surface area contributed by atoms with Gasteiger partial charge in [-0.2, -0.15) is 5.10 Å². The summed E-state index contributed by atoms with van der Waals surface area (Å²) in [6, 6.07) is 9.39. The maximum atomic E-state index is 13.8. The van der Waals surface area contributed by atoms with Crippen LogP contribution in [-0.2, 0) is 40.0 Å². The molecule has 1 amide bonds. The minimum atomic E-state index is -0.234. The van der Waals surface area contributed by atoms with Gasteiger partial charge >= 0.3 is 0 Å². The molecule has 0 bridgehead atoms. The highest BCUT2D eigenvalue weighted by atomic mass is 32.1. The molecule has 1 aliphatic heterocycles. The molecular formula is C30H33N5O3S. The smallest absolute Gasteiger partial charge is 0.274 e. The number of rotatable bonds is 5. The van der Waals surface area contributed by atoms with Crippen LogP contribution in [0.1, 0.15) is 50.8 Å². The minimum Gasteiger partial charge on any atom is -0.392 e. The van der Waals surface area contributed by atoms with Crippen LogP contribution in [-0.4, -0.2) is 31.9 Å². The summed E-state index contributed by atoms with van der Waals surface area (Å²) >= 11 is 1.65. The number of nitrogens with zero attached hydrogens (tertiary/aromatic N) is 4. The molecule has 0 radical (unpaired) electrons. The number of aliphatic hydroxyl groups excluding tert-OH is 1. The second kappa shape index (κ2) is 9.20. The van der Waals surface area contributed by atoms with E-state index in [1.165, 1.54) is 20.6 Å². The van der Waals surface area contributed by atoms with Crippen molar-refractivity contribution in [1.82, 2.24) is 14.3 Å². The molecule has 2 aliphatic rings. The number of benzene rings is 1. The average molecular weight is 544 g/mol. The number of hydrogen-bond donors (Lipinski definition) is 2. The Bertz CT molecular complexity index is 1670. The molecule has 1 aromatic carbocycles. The summed E-state index contributed by atoms with van der Waals surface area (Å²) in [6.07, 6.45) is 4.62. The lowest BCUT2D eigenvalue weighted by Crippen LogP contribution is -2.37. The Morgan fingerprint density at radius 3 is 2.64 bits per heavy atom. The molecule has 0 saturated heterocycles. The van der Waals surface area contributed by atoms with Crippen molar-refractivity contribution in [2.24, 2.45) is 19.5 Å². The molecule has 2 N–H and O–H groups in total. The van der Waals surface area contributed by atoms with Gasteiger partial charge in [-0.15, -0.1) is 11.3 Å². The number of pyridine rings is 1. The Labute approximate surface area is 231 Å². The highest BCUT2D eigenvalue weighted by molar-refractivity contribution is 7.14. The van der Waals surface area contributed by atoms with Crippen LogP contribution in [0.5, 0.6) is 0 Å². The van der Waals surface area contributed by atoms with Gasteiger partial charge in [0.2, 0.25) is 0 Å². The van der Waals surface area contributed by atoms with Gasteiger partial charge in [-0.25, -0.2) is 0 Å². The summed E-state index contributed by atoms with van der Waals surface area (Å²) in [5.74, 6) is 0.593. The Kier molecular flexibility index (Phi) is 6.04. The van der Waals surface area contributed by atoms with Gasteiger partial charge in [0.1, 0.15) is 5.69 Å². The molecule has 1 aliphatic carbocycles. The zero-order chi connectivity index (χ0) is 27.6. The van der Waals surface area contributed by atoms with Crippen molar-refractivity contribution >= 4 is 34.4 Å². The number of nitrogens with one attached hydrogen (secondary N) is 1. The van der Waals surface area contributed by atoms with E-state index in [0.29, 0.717) is 29.3 Å². The molecule has 0 unspecified atom stereocenters. The van der Waals surface area contributed by atoms with E-state index in [4.69, 9.17) is 0 Å². The zero-order valence-electron chi connectivity index (χ0n) is 23.0. The number of amides is 1. The third kappa shape index (κ3) is 4.30. The monoisotopic (exact) mass is 543 g/mol. The van der Waals surface area contributed by atoms with Gasteiger partial charge in [-0.05, 0) is 60.4 Å². The molecule has 4 aromatic rings. The van der Waals surface area contributed by atoms with Crippen LogP contribution in [0.3, 0.4) is 0 Å². The number of aryl methyl sites for hydroxylation is 3. The fourth-order valence-corrected chi connectivity index (χ4v) is 7.54. The Morgan fingerprint density at radius 2 is 1.92 bits per heavy atom. The molecule has 0 saturated carbocycles. The second-order valence-electron chi connectivity index (χ2n) is 11.5. The first kappa shape index (κ1) is 25.6. The molecule has 8 nitrogen and oxygen atoms in total. The van der Waals surface area contributed by atoms with Gasteiger partial charge in [-0.1, -0.05) is 26.0 Å². The molecule has 9 heteroatoms. The lowest BCUT2D eigenvalue weighted by Gasteiger charge is -2.30. The van der Waals surface area contributed by atoms with Crippen molar-refractivity contribution in [3.63, 3.8) is 0 Å². The van der Waals surface area contributed by atoms with Gasteiger partial charge in [-0.3, -0.25) is 14.3 Å². The van der Waals surface area contributed by atoms with E-state index in [1.54, 1.807) is 35.3 Å². The van der Waals surface area contributed by atoms with Crippen LogP contribution in [0, 0.1) is 12.3 Å². The van der Waals surface area contributed by atoms with Crippen LogP contribution < -0.4 is 15.8 Å². The van der Waals surface area contributed by atoms with Crippen molar-refractivity contribution in [3.05, 3.63) is 79.0 Å². The van der Waals surface area contributed by atoms with Crippen LogP contribution in [0.25, 0.3) is 11.1 Å². The average Bonchev–Trinajstić information content (AvgIpc) is 3.50. The summed E-state index contributed by atoms with van der Waals surface area (Å²) in [6.45, 7) is 6.87. The first-order chi connectivity index (χ1) is 18.6. The number of hydrogen-bond acceptors (Lipinski definition) is 6.